The van der Waals surface area contributed by atoms with Gasteiger partial charge in [0.2, 0.25) is 0 Å². The maximum Gasteiger partial charge on any atom is 0.401 e. The van der Waals surface area contributed by atoms with Crippen LogP contribution in [0.4, 0.5) is 13.2 Å². The predicted octanol–water partition coefficient (Wildman–Crippen LogP) is 0.454. The van der Waals surface area contributed by atoms with Crippen LogP contribution in [-0.4, -0.2) is 51.0 Å². The lowest BCUT2D eigenvalue weighted by molar-refractivity contribution is -0.148. The Labute approximate surface area is 75.6 Å². The van der Waals surface area contributed by atoms with E-state index in [4.69, 9.17) is 10.5 Å². The Morgan fingerprint density at radius 3 is 2.31 bits per heavy atom. The third kappa shape index (κ3) is 5.84. The molecule has 0 aliphatic heterocycles. The molecule has 0 aromatic carbocycles. The molecule has 0 spiro atoms. The number of ether oxygens (including phenoxy) is 1. The second-order valence-electron chi connectivity index (χ2n) is 2.88. The van der Waals surface area contributed by atoms with E-state index in [0.717, 1.165) is 4.90 Å². The van der Waals surface area contributed by atoms with Crippen molar-refractivity contribution < 1.29 is 17.9 Å². The fraction of sp³-hybridized carbons (Fsp3) is 1.00. The van der Waals surface area contributed by atoms with E-state index in [2.05, 4.69) is 0 Å². The predicted molar refractivity (Wildman–Crippen MR) is 43.4 cm³/mol. The first-order valence-electron chi connectivity index (χ1n) is 3.86. The summed E-state index contributed by atoms with van der Waals surface area (Å²) < 4.78 is 40.5. The molecule has 2 N–H and O–H groups in total. The first kappa shape index (κ1) is 12.7. The molecule has 0 aliphatic rings. The number of nitrogens with zero attached hydrogens (tertiary/aromatic N) is 1. The number of rotatable bonds is 5. The van der Waals surface area contributed by atoms with Crippen molar-refractivity contribution in [2.24, 2.45) is 5.73 Å². The standard InChI is InChI=1S/C7H15F3N2O/c1-12(5-7(8,9)10)6(3-11)4-13-2/h6H,3-5,11H2,1-2H3. The molecule has 0 aromatic heterocycles. The zero-order valence-electron chi connectivity index (χ0n) is 7.77. The van der Waals surface area contributed by atoms with Crippen molar-refractivity contribution in [1.29, 1.82) is 0 Å². The van der Waals surface area contributed by atoms with Gasteiger partial charge in [0.15, 0.2) is 0 Å². The third-order valence-electron chi connectivity index (χ3n) is 1.68. The van der Waals surface area contributed by atoms with Crippen molar-refractivity contribution in [1.82, 2.24) is 4.90 Å². The molecular formula is C7H15F3N2O. The summed E-state index contributed by atoms with van der Waals surface area (Å²) in [5, 5.41) is 0. The van der Waals surface area contributed by atoms with E-state index in [1.165, 1.54) is 14.2 Å². The van der Waals surface area contributed by atoms with Crippen molar-refractivity contribution in [2.45, 2.75) is 12.2 Å². The zero-order chi connectivity index (χ0) is 10.5. The van der Waals surface area contributed by atoms with E-state index in [1.807, 2.05) is 0 Å². The summed E-state index contributed by atoms with van der Waals surface area (Å²) in [6.45, 7) is -0.596. The van der Waals surface area contributed by atoms with Crippen LogP contribution in [0.5, 0.6) is 0 Å². The molecule has 0 heterocycles. The van der Waals surface area contributed by atoms with Gasteiger partial charge in [0.25, 0.3) is 0 Å². The number of likely N-dealkylation sites (N-methyl/N-ethyl adjacent to an activating group) is 1. The van der Waals surface area contributed by atoms with Gasteiger partial charge in [0.1, 0.15) is 0 Å². The molecule has 0 aromatic rings. The number of alkyl halides is 3. The number of nitrogens with two attached hydrogens (primary N) is 1. The monoisotopic (exact) mass is 200 g/mol. The topological polar surface area (TPSA) is 38.5 Å². The molecule has 3 nitrogen and oxygen atoms in total. The summed E-state index contributed by atoms with van der Waals surface area (Å²) >= 11 is 0. The van der Waals surface area contributed by atoms with Crippen LogP contribution in [0.1, 0.15) is 0 Å². The van der Waals surface area contributed by atoms with Gasteiger partial charge in [0, 0.05) is 19.7 Å². The largest absolute Gasteiger partial charge is 0.401 e. The molecule has 1 atom stereocenters. The lowest BCUT2D eigenvalue weighted by Gasteiger charge is -2.26. The lowest BCUT2D eigenvalue weighted by atomic mass is 10.3. The zero-order valence-corrected chi connectivity index (χ0v) is 7.77. The Morgan fingerprint density at radius 2 is 2.00 bits per heavy atom. The molecule has 0 radical (unpaired) electrons. The number of hydrogen-bond acceptors (Lipinski definition) is 3. The normalized spacial score (nSPS) is 15.0. The first-order chi connectivity index (χ1) is 5.90. The lowest BCUT2D eigenvalue weighted by Crippen LogP contribution is -2.45. The minimum atomic E-state index is -4.18. The Hall–Kier alpha value is -0.330. The molecule has 0 fully saturated rings. The van der Waals surface area contributed by atoms with E-state index in [0.29, 0.717) is 0 Å². The van der Waals surface area contributed by atoms with E-state index < -0.39 is 12.7 Å². The van der Waals surface area contributed by atoms with E-state index in [1.54, 1.807) is 0 Å². The van der Waals surface area contributed by atoms with Gasteiger partial charge >= 0.3 is 6.18 Å². The van der Waals surface area contributed by atoms with Crippen molar-refractivity contribution in [2.75, 3.05) is 33.9 Å². The van der Waals surface area contributed by atoms with Gasteiger partial charge < -0.3 is 10.5 Å². The van der Waals surface area contributed by atoms with Gasteiger partial charge in [-0.2, -0.15) is 13.2 Å². The Morgan fingerprint density at radius 1 is 1.46 bits per heavy atom. The molecule has 0 saturated heterocycles. The fourth-order valence-corrected chi connectivity index (χ4v) is 0.980. The van der Waals surface area contributed by atoms with Crippen LogP contribution in [0.25, 0.3) is 0 Å². The van der Waals surface area contributed by atoms with Crippen molar-refractivity contribution in [3.8, 4) is 0 Å². The van der Waals surface area contributed by atoms with Gasteiger partial charge in [-0.25, -0.2) is 0 Å². The molecule has 0 aliphatic carbocycles. The molecular weight excluding hydrogens is 185 g/mol. The van der Waals surface area contributed by atoms with Crippen molar-refractivity contribution in [3.63, 3.8) is 0 Å². The van der Waals surface area contributed by atoms with Gasteiger partial charge in [-0.1, -0.05) is 0 Å². The average Bonchev–Trinajstić information content (AvgIpc) is 1.96. The van der Waals surface area contributed by atoms with E-state index in [9.17, 15) is 13.2 Å². The highest BCUT2D eigenvalue weighted by molar-refractivity contribution is 4.71. The summed E-state index contributed by atoms with van der Waals surface area (Å²) in [6, 6.07) is -0.383. The van der Waals surface area contributed by atoms with Gasteiger partial charge in [-0.3, -0.25) is 4.90 Å². The van der Waals surface area contributed by atoms with Gasteiger partial charge in [0.05, 0.1) is 13.2 Å². The van der Waals surface area contributed by atoms with E-state index in [-0.39, 0.29) is 19.2 Å². The van der Waals surface area contributed by atoms with Gasteiger partial charge in [-0.15, -0.1) is 0 Å². The van der Waals surface area contributed by atoms with Crippen molar-refractivity contribution >= 4 is 0 Å². The highest BCUT2D eigenvalue weighted by Gasteiger charge is 2.31. The van der Waals surface area contributed by atoms with Crippen LogP contribution in [0.3, 0.4) is 0 Å². The molecule has 0 bridgehead atoms. The molecule has 1 unspecified atom stereocenters. The summed E-state index contributed by atoms with van der Waals surface area (Å²) in [6.07, 6.45) is -4.18. The van der Waals surface area contributed by atoms with Crippen molar-refractivity contribution in [3.05, 3.63) is 0 Å². The molecule has 0 saturated carbocycles. The number of hydrogen-bond donors (Lipinski definition) is 1. The highest BCUT2D eigenvalue weighted by atomic mass is 19.4. The molecule has 6 heteroatoms. The molecule has 0 amide bonds. The van der Waals surface area contributed by atoms with Crippen LogP contribution in [0, 0.1) is 0 Å². The molecule has 0 rings (SSSR count). The van der Waals surface area contributed by atoms with Crippen LogP contribution in [0.2, 0.25) is 0 Å². The SMILES string of the molecule is COCC(CN)N(C)CC(F)(F)F. The second-order valence-corrected chi connectivity index (χ2v) is 2.88. The molecule has 80 valence electrons. The van der Waals surface area contributed by atoms with E-state index >= 15 is 0 Å². The average molecular weight is 200 g/mol. The number of methoxy groups -OCH3 is 1. The van der Waals surface area contributed by atoms with Crippen LogP contribution in [0.15, 0.2) is 0 Å². The smallest absolute Gasteiger partial charge is 0.383 e. The first-order valence-corrected chi connectivity index (χ1v) is 3.86. The number of halogens is 3. The fourth-order valence-electron chi connectivity index (χ4n) is 0.980. The summed E-state index contributed by atoms with van der Waals surface area (Å²) in [5.41, 5.74) is 5.29. The van der Waals surface area contributed by atoms with Crippen LogP contribution in [-0.2, 0) is 4.74 Å². The Kier molecular flexibility index (Phi) is 5.27. The van der Waals surface area contributed by atoms with Crippen LogP contribution >= 0.6 is 0 Å². The molecule has 13 heavy (non-hydrogen) atoms. The Bertz CT molecular complexity index is 140. The maximum atomic E-state index is 11.9. The minimum Gasteiger partial charge on any atom is -0.383 e. The van der Waals surface area contributed by atoms with Gasteiger partial charge in [-0.05, 0) is 7.05 Å². The minimum absolute atomic E-state index is 0.153. The highest BCUT2D eigenvalue weighted by Crippen LogP contribution is 2.16. The summed E-state index contributed by atoms with van der Waals surface area (Å²) in [7, 11) is 2.81. The summed E-state index contributed by atoms with van der Waals surface area (Å²) in [5.74, 6) is 0. The second kappa shape index (κ2) is 5.41. The Balaban J connectivity index is 3.97. The maximum absolute atomic E-state index is 11.9. The third-order valence-corrected chi connectivity index (χ3v) is 1.68. The quantitative estimate of drug-likeness (QED) is 0.700. The summed E-state index contributed by atoms with van der Waals surface area (Å²) in [4.78, 5) is 1.14. The van der Waals surface area contributed by atoms with Crippen LogP contribution < -0.4 is 5.73 Å².